The van der Waals surface area contributed by atoms with Gasteiger partial charge in [-0.15, -0.1) is 0 Å². The Morgan fingerprint density at radius 1 is 1.30 bits per heavy atom. The summed E-state index contributed by atoms with van der Waals surface area (Å²) in [4.78, 5) is 23.2. The van der Waals surface area contributed by atoms with E-state index in [1.807, 2.05) is 6.07 Å². The number of carbonyl (C=O) groups excluding carboxylic acids is 2. The summed E-state index contributed by atoms with van der Waals surface area (Å²) in [6, 6.07) is 3.62. The van der Waals surface area contributed by atoms with Crippen LogP contribution in [0.3, 0.4) is 0 Å². The van der Waals surface area contributed by atoms with Crippen molar-refractivity contribution >= 4 is 23.0 Å². The number of ether oxygens (including phenoxy) is 1. The van der Waals surface area contributed by atoms with Crippen LogP contribution in [0.15, 0.2) is 17.8 Å². The number of nitrogens with one attached hydrogen (secondary N) is 1. The van der Waals surface area contributed by atoms with Crippen LogP contribution < -0.4 is 15.8 Å². The van der Waals surface area contributed by atoms with E-state index < -0.39 is 0 Å². The largest absolute Gasteiger partial charge is 0.496 e. The second kappa shape index (κ2) is 5.36. The Kier molecular flexibility index (Phi) is 3.79. The smallest absolute Gasteiger partial charge is 0.224 e. The first-order valence-corrected chi connectivity index (χ1v) is 6.42. The highest BCUT2D eigenvalue weighted by atomic mass is 16.5. The maximum atomic E-state index is 11.8. The van der Waals surface area contributed by atoms with Crippen LogP contribution in [0.25, 0.3) is 5.57 Å². The molecule has 0 aromatic heterocycles. The summed E-state index contributed by atoms with van der Waals surface area (Å²) in [5.41, 5.74) is 9.14. The molecule has 1 aromatic rings. The summed E-state index contributed by atoms with van der Waals surface area (Å²) in [6.07, 6.45) is 1.09. The van der Waals surface area contributed by atoms with Gasteiger partial charge in [0.25, 0.3) is 0 Å². The molecule has 1 aliphatic heterocycles. The van der Waals surface area contributed by atoms with E-state index in [1.165, 1.54) is 14.0 Å². The number of Topliss-reactive ketones (excluding diaryl/α,β-unsaturated/α-hetero) is 1. The van der Waals surface area contributed by atoms with Crippen molar-refractivity contribution in [1.29, 1.82) is 0 Å². The number of ketones is 1. The van der Waals surface area contributed by atoms with E-state index in [0.717, 1.165) is 11.3 Å². The lowest BCUT2D eigenvalue weighted by Gasteiger charge is -2.20. The molecular weight excluding hydrogens is 256 g/mol. The number of anilines is 1. The summed E-state index contributed by atoms with van der Waals surface area (Å²) in [5, 5.41) is 2.81. The molecule has 3 N–H and O–H groups in total. The molecule has 1 aromatic carbocycles. The number of hydrogen-bond donors (Lipinski definition) is 2. The van der Waals surface area contributed by atoms with Crippen molar-refractivity contribution in [1.82, 2.24) is 0 Å². The average molecular weight is 274 g/mol. The fraction of sp³-hybridized carbons (Fsp3) is 0.333. The first-order chi connectivity index (χ1) is 9.43. The minimum absolute atomic E-state index is 0.00959. The standard InChI is InChI=1S/C15H18N2O3/c1-8(16)15(9(2)18)11-6-10-4-5-14(19)17-12(10)7-13(11)20-3/h6-7H,4-5,16H2,1-3H3,(H,17,19). The van der Waals surface area contributed by atoms with Gasteiger partial charge >= 0.3 is 0 Å². The van der Waals surface area contributed by atoms with E-state index in [1.54, 1.807) is 13.0 Å². The Labute approximate surface area is 117 Å². The van der Waals surface area contributed by atoms with Crippen LogP contribution in [-0.2, 0) is 16.0 Å². The molecule has 2 rings (SSSR count). The van der Waals surface area contributed by atoms with Crippen molar-refractivity contribution in [2.75, 3.05) is 12.4 Å². The Hall–Kier alpha value is -2.30. The third-order valence-corrected chi connectivity index (χ3v) is 3.34. The van der Waals surface area contributed by atoms with Gasteiger partial charge in [-0.25, -0.2) is 0 Å². The highest BCUT2D eigenvalue weighted by Crippen LogP contribution is 2.35. The van der Waals surface area contributed by atoms with Crippen molar-refractivity contribution in [2.24, 2.45) is 5.73 Å². The first kappa shape index (κ1) is 14.1. The molecule has 1 amide bonds. The van der Waals surface area contributed by atoms with Gasteiger partial charge < -0.3 is 15.8 Å². The molecule has 20 heavy (non-hydrogen) atoms. The van der Waals surface area contributed by atoms with Gasteiger partial charge in [0.1, 0.15) is 5.75 Å². The molecule has 0 aliphatic carbocycles. The zero-order valence-corrected chi connectivity index (χ0v) is 11.9. The third kappa shape index (κ3) is 2.52. The number of benzene rings is 1. The zero-order chi connectivity index (χ0) is 14.9. The highest BCUT2D eigenvalue weighted by molar-refractivity contribution is 6.21. The third-order valence-electron chi connectivity index (χ3n) is 3.34. The predicted molar refractivity (Wildman–Crippen MR) is 77.4 cm³/mol. The van der Waals surface area contributed by atoms with E-state index in [-0.39, 0.29) is 11.7 Å². The van der Waals surface area contributed by atoms with Gasteiger partial charge in [0, 0.05) is 35.0 Å². The molecule has 0 bridgehead atoms. The highest BCUT2D eigenvalue weighted by Gasteiger charge is 2.21. The number of allylic oxidation sites excluding steroid dienone is 2. The fourth-order valence-corrected chi connectivity index (χ4v) is 2.45. The first-order valence-electron chi connectivity index (χ1n) is 6.42. The van der Waals surface area contributed by atoms with Crippen LogP contribution in [0.5, 0.6) is 5.75 Å². The molecule has 0 fully saturated rings. The number of methoxy groups -OCH3 is 1. The lowest BCUT2D eigenvalue weighted by Crippen LogP contribution is -2.19. The molecule has 1 aliphatic rings. The molecular formula is C15H18N2O3. The Morgan fingerprint density at radius 2 is 2.00 bits per heavy atom. The van der Waals surface area contributed by atoms with Crippen LogP contribution >= 0.6 is 0 Å². The summed E-state index contributed by atoms with van der Waals surface area (Å²) >= 11 is 0. The number of rotatable bonds is 3. The number of carbonyl (C=O) groups is 2. The zero-order valence-electron chi connectivity index (χ0n) is 11.9. The number of amides is 1. The molecule has 0 radical (unpaired) electrons. The van der Waals surface area contributed by atoms with Gasteiger partial charge in [-0.05, 0) is 31.9 Å². The van der Waals surface area contributed by atoms with Crippen LogP contribution in [-0.4, -0.2) is 18.8 Å². The lowest BCUT2D eigenvalue weighted by molar-refractivity contribution is -0.116. The van der Waals surface area contributed by atoms with E-state index in [0.29, 0.717) is 35.4 Å². The number of fused-ring (bicyclic) bond motifs is 1. The van der Waals surface area contributed by atoms with Gasteiger partial charge in [0.2, 0.25) is 5.91 Å². The van der Waals surface area contributed by atoms with Gasteiger partial charge in [-0.2, -0.15) is 0 Å². The maximum Gasteiger partial charge on any atom is 0.224 e. The Balaban J connectivity index is 2.62. The predicted octanol–water partition coefficient (Wildman–Crippen LogP) is 1.86. The molecule has 0 atom stereocenters. The normalized spacial score (nSPS) is 15.1. The number of aryl methyl sites for hydroxylation is 1. The van der Waals surface area contributed by atoms with Crippen LogP contribution in [0, 0.1) is 0 Å². The van der Waals surface area contributed by atoms with Crippen molar-refractivity contribution < 1.29 is 14.3 Å². The van der Waals surface area contributed by atoms with E-state index >= 15 is 0 Å². The summed E-state index contributed by atoms with van der Waals surface area (Å²) in [7, 11) is 1.53. The lowest BCUT2D eigenvalue weighted by atomic mass is 9.93. The molecule has 0 saturated heterocycles. The van der Waals surface area contributed by atoms with Crippen LogP contribution in [0.4, 0.5) is 5.69 Å². The van der Waals surface area contributed by atoms with Gasteiger partial charge in [-0.1, -0.05) is 0 Å². The molecule has 0 saturated carbocycles. The summed E-state index contributed by atoms with van der Waals surface area (Å²) < 4.78 is 5.33. The molecule has 5 heteroatoms. The van der Waals surface area contributed by atoms with Crippen molar-refractivity contribution in [3.8, 4) is 5.75 Å². The second-order valence-electron chi connectivity index (χ2n) is 4.87. The summed E-state index contributed by atoms with van der Waals surface area (Å²) in [5.74, 6) is 0.411. The molecule has 5 nitrogen and oxygen atoms in total. The Morgan fingerprint density at radius 3 is 2.55 bits per heavy atom. The van der Waals surface area contributed by atoms with Crippen molar-refractivity contribution in [3.05, 3.63) is 29.0 Å². The van der Waals surface area contributed by atoms with Gasteiger partial charge in [-0.3, -0.25) is 9.59 Å². The second-order valence-corrected chi connectivity index (χ2v) is 4.87. The quantitative estimate of drug-likeness (QED) is 0.824. The number of nitrogens with two attached hydrogens (primary N) is 1. The Bertz CT molecular complexity index is 614. The van der Waals surface area contributed by atoms with Crippen LogP contribution in [0.2, 0.25) is 0 Å². The fourth-order valence-electron chi connectivity index (χ4n) is 2.45. The topological polar surface area (TPSA) is 81.4 Å². The molecule has 106 valence electrons. The average Bonchev–Trinajstić information content (AvgIpc) is 2.37. The monoisotopic (exact) mass is 274 g/mol. The number of hydrogen-bond acceptors (Lipinski definition) is 4. The van der Waals surface area contributed by atoms with Crippen molar-refractivity contribution in [2.45, 2.75) is 26.7 Å². The minimum atomic E-state index is -0.108. The molecule has 0 unspecified atom stereocenters. The molecule has 0 spiro atoms. The van der Waals surface area contributed by atoms with Crippen molar-refractivity contribution in [3.63, 3.8) is 0 Å². The minimum Gasteiger partial charge on any atom is -0.496 e. The van der Waals surface area contributed by atoms with E-state index in [4.69, 9.17) is 10.5 Å². The molecule has 1 heterocycles. The van der Waals surface area contributed by atoms with Gasteiger partial charge in [0.15, 0.2) is 5.78 Å². The van der Waals surface area contributed by atoms with E-state index in [9.17, 15) is 9.59 Å². The van der Waals surface area contributed by atoms with Gasteiger partial charge in [0.05, 0.1) is 7.11 Å². The van der Waals surface area contributed by atoms with E-state index in [2.05, 4.69) is 5.32 Å². The maximum absolute atomic E-state index is 11.8. The SMILES string of the molecule is COc1cc2c(cc1C(C(C)=O)=C(C)N)CCC(=O)N2. The van der Waals surface area contributed by atoms with Crippen LogP contribution in [0.1, 0.15) is 31.4 Å². The summed E-state index contributed by atoms with van der Waals surface area (Å²) in [6.45, 7) is 3.17.